The van der Waals surface area contributed by atoms with Gasteiger partial charge in [-0.3, -0.25) is 0 Å². The first-order chi connectivity index (χ1) is 8.16. The molecule has 1 aromatic heterocycles. The van der Waals surface area contributed by atoms with Crippen LogP contribution in [0.1, 0.15) is 30.7 Å². The minimum absolute atomic E-state index is 0.00314. The van der Waals surface area contributed by atoms with E-state index in [1.165, 1.54) is 4.88 Å². The Morgan fingerprint density at radius 2 is 2.24 bits per heavy atom. The Morgan fingerprint density at radius 1 is 1.53 bits per heavy atom. The van der Waals surface area contributed by atoms with Gasteiger partial charge in [0.2, 0.25) is 0 Å². The largest absolute Gasteiger partial charge is 0.381 e. The van der Waals surface area contributed by atoms with E-state index in [1.807, 2.05) is 6.92 Å². The van der Waals surface area contributed by atoms with Crippen molar-refractivity contribution in [2.45, 2.75) is 38.0 Å². The van der Waals surface area contributed by atoms with Gasteiger partial charge in [0.25, 0.3) is 0 Å². The van der Waals surface area contributed by atoms with Gasteiger partial charge in [0, 0.05) is 34.0 Å². The highest BCUT2D eigenvalue weighted by Gasteiger charge is 2.24. The molecule has 1 aromatic rings. The first kappa shape index (κ1) is 13.5. The van der Waals surface area contributed by atoms with E-state index in [4.69, 9.17) is 15.2 Å². The van der Waals surface area contributed by atoms with Gasteiger partial charge in [0.15, 0.2) is 0 Å². The van der Waals surface area contributed by atoms with Crippen molar-refractivity contribution in [3.8, 4) is 0 Å². The van der Waals surface area contributed by atoms with E-state index in [1.54, 1.807) is 11.3 Å². The summed E-state index contributed by atoms with van der Waals surface area (Å²) in [5.41, 5.74) is 6.03. The van der Waals surface area contributed by atoms with Crippen molar-refractivity contribution < 1.29 is 9.47 Å². The Kier molecular flexibility index (Phi) is 4.99. The van der Waals surface area contributed by atoms with Crippen molar-refractivity contribution in [3.63, 3.8) is 0 Å². The second-order valence-corrected chi connectivity index (χ2v) is 6.25. The molecule has 2 rings (SSSR count). The van der Waals surface area contributed by atoms with Crippen LogP contribution >= 0.6 is 27.3 Å². The molecule has 17 heavy (non-hydrogen) atoms. The van der Waals surface area contributed by atoms with Crippen LogP contribution < -0.4 is 5.73 Å². The first-order valence-electron chi connectivity index (χ1n) is 5.89. The van der Waals surface area contributed by atoms with Gasteiger partial charge in [-0.15, -0.1) is 11.3 Å². The molecule has 0 spiro atoms. The average Bonchev–Trinajstić information content (AvgIpc) is 2.73. The van der Waals surface area contributed by atoms with Crippen molar-refractivity contribution in [1.29, 1.82) is 0 Å². The summed E-state index contributed by atoms with van der Waals surface area (Å²) in [6.07, 6.45) is 2.21. The Balaban J connectivity index is 2.01. The lowest BCUT2D eigenvalue weighted by molar-refractivity contribution is -0.0746. The number of nitrogens with two attached hydrogens (primary N) is 1. The lowest BCUT2D eigenvalue weighted by atomic mass is 10.1. The lowest BCUT2D eigenvalue weighted by Crippen LogP contribution is -2.32. The molecule has 0 saturated carbocycles. The van der Waals surface area contributed by atoms with E-state index in [-0.39, 0.29) is 18.2 Å². The van der Waals surface area contributed by atoms with Gasteiger partial charge in [0.05, 0.1) is 6.10 Å². The summed E-state index contributed by atoms with van der Waals surface area (Å²) in [5, 5.41) is 2.07. The molecule has 1 fully saturated rings. The second-order valence-electron chi connectivity index (χ2n) is 4.39. The zero-order valence-corrected chi connectivity index (χ0v) is 12.3. The van der Waals surface area contributed by atoms with Crippen molar-refractivity contribution >= 4 is 27.3 Å². The van der Waals surface area contributed by atoms with Crippen molar-refractivity contribution in [2.24, 2.45) is 5.73 Å². The van der Waals surface area contributed by atoms with Crippen LogP contribution in [0.4, 0.5) is 0 Å². The van der Waals surface area contributed by atoms with Gasteiger partial charge in [-0.25, -0.2) is 0 Å². The van der Waals surface area contributed by atoms with Crippen LogP contribution in [0, 0.1) is 0 Å². The van der Waals surface area contributed by atoms with E-state index in [2.05, 4.69) is 27.4 Å². The molecule has 0 radical (unpaired) electrons. The van der Waals surface area contributed by atoms with Gasteiger partial charge < -0.3 is 15.2 Å². The van der Waals surface area contributed by atoms with Crippen LogP contribution in [0.5, 0.6) is 0 Å². The molecule has 5 heteroatoms. The third-order valence-electron chi connectivity index (χ3n) is 2.85. The molecule has 2 N–H and O–H groups in total. The highest BCUT2D eigenvalue weighted by atomic mass is 79.9. The number of halogens is 1. The number of thiophene rings is 1. The number of rotatable bonds is 4. The molecule has 1 aliphatic heterocycles. The summed E-state index contributed by atoms with van der Waals surface area (Å²) >= 11 is 5.16. The summed E-state index contributed by atoms with van der Waals surface area (Å²) in [6.45, 7) is 3.59. The number of hydrogen-bond donors (Lipinski definition) is 1. The van der Waals surface area contributed by atoms with Crippen LogP contribution in [0.25, 0.3) is 0 Å². The first-order valence-corrected chi connectivity index (χ1v) is 7.57. The van der Waals surface area contributed by atoms with Gasteiger partial charge in [0.1, 0.15) is 6.10 Å². The lowest BCUT2D eigenvalue weighted by Gasteiger charge is -2.29. The molecule has 3 nitrogen and oxygen atoms in total. The molecule has 0 bridgehead atoms. The summed E-state index contributed by atoms with van der Waals surface area (Å²) in [7, 11) is 0. The van der Waals surface area contributed by atoms with Crippen LogP contribution in [0.3, 0.4) is 0 Å². The normalized spacial score (nSPS) is 21.4. The monoisotopic (exact) mass is 319 g/mol. The maximum Gasteiger partial charge on any atom is 0.107 e. The summed E-state index contributed by atoms with van der Waals surface area (Å²) < 4.78 is 12.6. The molecule has 2 heterocycles. The molecule has 2 atom stereocenters. The summed E-state index contributed by atoms with van der Waals surface area (Å²) in [5.74, 6) is 0. The van der Waals surface area contributed by atoms with E-state index < -0.39 is 0 Å². The van der Waals surface area contributed by atoms with Crippen LogP contribution in [0.15, 0.2) is 15.9 Å². The maximum atomic E-state index is 6.14. The molecule has 0 aliphatic carbocycles. The zero-order valence-electron chi connectivity index (χ0n) is 9.90. The van der Waals surface area contributed by atoms with Gasteiger partial charge in [-0.05, 0) is 41.8 Å². The zero-order chi connectivity index (χ0) is 12.3. The third kappa shape index (κ3) is 3.76. The van der Waals surface area contributed by atoms with Gasteiger partial charge >= 0.3 is 0 Å². The van der Waals surface area contributed by atoms with Crippen molar-refractivity contribution in [3.05, 3.63) is 20.8 Å². The predicted octanol–water partition coefficient (Wildman–Crippen LogP) is 3.09. The highest BCUT2D eigenvalue weighted by Crippen LogP contribution is 2.31. The quantitative estimate of drug-likeness (QED) is 0.927. The Morgan fingerprint density at radius 3 is 2.76 bits per heavy atom. The molecular weight excluding hydrogens is 302 g/mol. The van der Waals surface area contributed by atoms with Gasteiger partial charge in [-0.2, -0.15) is 0 Å². The predicted molar refractivity (Wildman–Crippen MR) is 73.3 cm³/mol. The van der Waals surface area contributed by atoms with E-state index in [0.717, 1.165) is 30.5 Å². The second kappa shape index (κ2) is 6.29. The summed E-state index contributed by atoms with van der Waals surface area (Å²) in [6, 6.07) is 2.10. The topological polar surface area (TPSA) is 44.5 Å². The standard InChI is InChI=1S/C12H18BrNO2S/c1-8(14)12(11-6-9(13)7-17-11)16-10-2-4-15-5-3-10/h6-8,10,12H,2-5,14H2,1H3. The Labute approximate surface area is 114 Å². The van der Waals surface area contributed by atoms with E-state index in [9.17, 15) is 0 Å². The molecule has 1 saturated heterocycles. The van der Waals surface area contributed by atoms with Crippen LogP contribution in [0.2, 0.25) is 0 Å². The summed E-state index contributed by atoms with van der Waals surface area (Å²) in [4.78, 5) is 1.19. The van der Waals surface area contributed by atoms with Crippen molar-refractivity contribution in [1.82, 2.24) is 0 Å². The number of ether oxygens (including phenoxy) is 2. The Bertz CT molecular complexity index is 350. The van der Waals surface area contributed by atoms with E-state index >= 15 is 0 Å². The highest BCUT2D eigenvalue weighted by molar-refractivity contribution is 9.10. The van der Waals surface area contributed by atoms with Gasteiger partial charge in [-0.1, -0.05) is 0 Å². The fourth-order valence-corrected chi connectivity index (χ4v) is 3.54. The number of hydrogen-bond acceptors (Lipinski definition) is 4. The molecular formula is C12H18BrNO2S. The molecule has 96 valence electrons. The minimum Gasteiger partial charge on any atom is -0.381 e. The minimum atomic E-state index is -0.00519. The maximum absolute atomic E-state index is 6.14. The Hall–Kier alpha value is 0.0600. The SMILES string of the molecule is CC(N)C(OC1CCOCC1)c1cc(Br)cs1. The average molecular weight is 320 g/mol. The molecule has 2 unspecified atom stereocenters. The van der Waals surface area contributed by atoms with Crippen LogP contribution in [-0.2, 0) is 9.47 Å². The van der Waals surface area contributed by atoms with Crippen molar-refractivity contribution in [2.75, 3.05) is 13.2 Å². The van der Waals surface area contributed by atoms with Crippen LogP contribution in [-0.4, -0.2) is 25.4 Å². The third-order valence-corrected chi connectivity index (χ3v) is 4.61. The molecule has 0 aromatic carbocycles. The smallest absolute Gasteiger partial charge is 0.107 e. The molecule has 0 amide bonds. The fraction of sp³-hybridized carbons (Fsp3) is 0.667. The fourth-order valence-electron chi connectivity index (χ4n) is 1.95. The van der Waals surface area contributed by atoms with E-state index in [0.29, 0.717) is 0 Å². The molecule has 1 aliphatic rings.